The van der Waals surface area contributed by atoms with Gasteiger partial charge in [-0.05, 0) is 60.5 Å². The van der Waals surface area contributed by atoms with E-state index in [0.29, 0.717) is 19.6 Å². The number of likely N-dealkylation sites (N-methyl/N-ethyl adjacent to an activating group) is 1. The molecule has 0 spiro atoms. The van der Waals surface area contributed by atoms with Crippen LogP contribution < -0.4 is 24.4 Å². The van der Waals surface area contributed by atoms with E-state index in [1.165, 1.54) is 0 Å². The summed E-state index contributed by atoms with van der Waals surface area (Å²) in [5, 5.41) is 1.67. The standard InChI is InChI=1S/C26H26N2O5S/c1-28(19-4-3-5-23(17-19)33-22-12-10-20(31-2)11-13-22)14-15-32-21-8-6-18(7-9-21)16-24-25(29)27-26(30)34-24/h3-13,17,24H,14-16H2,1-2H3,(H,27,29,30)/t24-/m1/s1. The fourth-order valence-corrected chi connectivity index (χ4v) is 4.32. The lowest BCUT2D eigenvalue weighted by molar-refractivity contribution is -0.118. The van der Waals surface area contributed by atoms with Crippen LogP contribution in [0.1, 0.15) is 5.56 Å². The van der Waals surface area contributed by atoms with Crippen LogP contribution >= 0.6 is 11.8 Å². The van der Waals surface area contributed by atoms with Crippen molar-refractivity contribution in [1.82, 2.24) is 5.32 Å². The largest absolute Gasteiger partial charge is 0.497 e. The van der Waals surface area contributed by atoms with Gasteiger partial charge in [-0.2, -0.15) is 0 Å². The van der Waals surface area contributed by atoms with Crippen LogP contribution in [0.15, 0.2) is 72.8 Å². The van der Waals surface area contributed by atoms with E-state index in [1.807, 2.05) is 79.8 Å². The Morgan fingerprint density at radius 3 is 2.29 bits per heavy atom. The smallest absolute Gasteiger partial charge is 0.286 e. The molecule has 3 aromatic rings. The highest BCUT2D eigenvalue weighted by Gasteiger charge is 2.31. The summed E-state index contributed by atoms with van der Waals surface area (Å²) in [5.41, 5.74) is 2.01. The van der Waals surface area contributed by atoms with Crippen LogP contribution in [0.2, 0.25) is 0 Å². The highest BCUT2D eigenvalue weighted by atomic mass is 32.2. The number of carbonyl (C=O) groups excluding carboxylic acids is 2. The minimum atomic E-state index is -0.364. The number of rotatable bonds is 10. The van der Waals surface area contributed by atoms with Crippen molar-refractivity contribution in [3.8, 4) is 23.0 Å². The molecular weight excluding hydrogens is 452 g/mol. The summed E-state index contributed by atoms with van der Waals surface area (Å²) in [6.07, 6.45) is 0.514. The third-order valence-electron chi connectivity index (χ3n) is 5.36. The zero-order valence-corrected chi connectivity index (χ0v) is 19.8. The number of nitrogens with one attached hydrogen (secondary N) is 1. The second kappa shape index (κ2) is 11.0. The van der Waals surface area contributed by atoms with Crippen LogP contribution in [0.4, 0.5) is 10.5 Å². The van der Waals surface area contributed by atoms with Crippen molar-refractivity contribution in [3.63, 3.8) is 0 Å². The first kappa shape index (κ1) is 23.5. The molecular formula is C26H26N2O5S. The summed E-state index contributed by atoms with van der Waals surface area (Å²) in [5.74, 6) is 2.81. The van der Waals surface area contributed by atoms with Crippen LogP contribution in [0, 0.1) is 0 Å². The summed E-state index contributed by atoms with van der Waals surface area (Å²) >= 11 is 1.04. The minimum absolute atomic E-state index is 0.225. The number of ether oxygens (including phenoxy) is 3. The third kappa shape index (κ3) is 6.23. The van der Waals surface area contributed by atoms with Crippen LogP contribution in [0.3, 0.4) is 0 Å². The third-order valence-corrected chi connectivity index (χ3v) is 6.34. The summed E-state index contributed by atoms with van der Waals surface area (Å²) < 4.78 is 17.0. The van der Waals surface area contributed by atoms with Crippen LogP contribution in [-0.4, -0.2) is 43.7 Å². The zero-order chi connectivity index (χ0) is 23.9. The lowest BCUT2D eigenvalue weighted by atomic mass is 10.1. The molecule has 1 saturated heterocycles. The molecule has 4 rings (SSSR count). The first-order chi connectivity index (χ1) is 16.5. The van der Waals surface area contributed by atoms with Crippen molar-refractivity contribution in [3.05, 3.63) is 78.4 Å². The molecule has 1 fully saturated rings. The molecule has 1 aliphatic heterocycles. The highest BCUT2D eigenvalue weighted by Crippen LogP contribution is 2.27. The van der Waals surface area contributed by atoms with Gasteiger partial charge < -0.3 is 19.1 Å². The highest BCUT2D eigenvalue weighted by molar-refractivity contribution is 8.15. The Balaban J connectivity index is 1.25. The van der Waals surface area contributed by atoms with Gasteiger partial charge in [-0.3, -0.25) is 14.9 Å². The van der Waals surface area contributed by atoms with E-state index < -0.39 is 0 Å². The number of imide groups is 1. The quantitative estimate of drug-likeness (QED) is 0.444. The molecule has 0 bridgehead atoms. The van der Waals surface area contributed by atoms with Crippen LogP contribution in [-0.2, 0) is 11.2 Å². The van der Waals surface area contributed by atoms with Gasteiger partial charge in [-0.15, -0.1) is 0 Å². The lowest BCUT2D eigenvalue weighted by Gasteiger charge is -2.20. The van der Waals surface area contributed by atoms with Gasteiger partial charge in [-0.25, -0.2) is 0 Å². The SMILES string of the molecule is COc1ccc(Oc2cccc(N(C)CCOc3ccc(C[C@H]4SC(=O)NC4=O)cc3)c2)cc1. The number of anilines is 1. The Morgan fingerprint density at radius 1 is 0.912 bits per heavy atom. The molecule has 2 amide bonds. The molecule has 176 valence electrons. The van der Waals surface area contributed by atoms with Gasteiger partial charge in [0.05, 0.1) is 18.9 Å². The summed E-state index contributed by atoms with van der Waals surface area (Å²) in [4.78, 5) is 25.1. The number of amides is 2. The molecule has 1 N–H and O–H groups in total. The van der Waals surface area contributed by atoms with Crippen molar-refractivity contribution in [1.29, 1.82) is 0 Å². The molecule has 7 nitrogen and oxygen atoms in total. The number of methoxy groups -OCH3 is 1. The number of benzene rings is 3. The van der Waals surface area contributed by atoms with E-state index in [0.717, 1.165) is 46.0 Å². The molecule has 1 atom stereocenters. The average molecular weight is 479 g/mol. The van der Waals surface area contributed by atoms with Crippen molar-refractivity contribution in [2.75, 3.05) is 32.2 Å². The maximum Gasteiger partial charge on any atom is 0.286 e. The fraction of sp³-hybridized carbons (Fsp3) is 0.231. The fourth-order valence-electron chi connectivity index (χ4n) is 3.46. The van der Waals surface area contributed by atoms with E-state index in [-0.39, 0.29) is 16.4 Å². The number of nitrogens with zero attached hydrogens (tertiary/aromatic N) is 1. The van der Waals surface area contributed by atoms with E-state index in [9.17, 15) is 9.59 Å². The second-order valence-electron chi connectivity index (χ2n) is 7.78. The van der Waals surface area contributed by atoms with Crippen LogP contribution in [0.25, 0.3) is 0 Å². The maximum absolute atomic E-state index is 11.7. The zero-order valence-electron chi connectivity index (χ0n) is 19.0. The predicted octanol–water partition coefficient (Wildman–Crippen LogP) is 4.90. The van der Waals surface area contributed by atoms with Crippen molar-refractivity contribution in [2.45, 2.75) is 11.7 Å². The second-order valence-corrected chi connectivity index (χ2v) is 8.95. The molecule has 8 heteroatoms. The Kier molecular flexibility index (Phi) is 7.59. The number of thioether (sulfide) groups is 1. The van der Waals surface area contributed by atoms with Gasteiger partial charge in [-0.1, -0.05) is 30.0 Å². The average Bonchev–Trinajstić information content (AvgIpc) is 3.17. The number of hydrogen-bond acceptors (Lipinski definition) is 7. The Hall–Kier alpha value is -3.65. The normalized spacial score (nSPS) is 15.1. The van der Waals surface area contributed by atoms with Gasteiger partial charge in [0.2, 0.25) is 5.91 Å². The molecule has 34 heavy (non-hydrogen) atoms. The van der Waals surface area contributed by atoms with Crippen molar-refractivity contribution < 1.29 is 23.8 Å². The lowest BCUT2D eigenvalue weighted by Crippen LogP contribution is -2.25. The minimum Gasteiger partial charge on any atom is -0.497 e. The number of hydrogen-bond donors (Lipinski definition) is 1. The first-order valence-corrected chi connectivity index (χ1v) is 11.7. The van der Waals surface area contributed by atoms with E-state index in [1.54, 1.807) is 7.11 Å². The Labute approximate surface area is 203 Å². The summed E-state index contributed by atoms with van der Waals surface area (Å²) in [6, 6.07) is 23.0. The molecule has 3 aromatic carbocycles. The first-order valence-electron chi connectivity index (χ1n) is 10.9. The van der Waals surface area contributed by atoms with Crippen molar-refractivity contribution >= 4 is 28.6 Å². The summed E-state index contributed by atoms with van der Waals surface area (Å²) in [6.45, 7) is 1.20. The maximum atomic E-state index is 11.7. The van der Waals surface area contributed by atoms with Crippen LogP contribution in [0.5, 0.6) is 23.0 Å². The van der Waals surface area contributed by atoms with E-state index in [2.05, 4.69) is 10.2 Å². The van der Waals surface area contributed by atoms with Gasteiger partial charge in [0.15, 0.2) is 0 Å². The summed E-state index contributed by atoms with van der Waals surface area (Å²) in [7, 11) is 3.64. The molecule has 0 radical (unpaired) electrons. The predicted molar refractivity (Wildman–Crippen MR) is 133 cm³/mol. The van der Waals surface area contributed by atoms with Gasteiger partial charge in [0.25, 0.3) is 5.24 Å². The number of carbonyl (C=O) groups is 2. The Morgan fingerprint density at radius 2 is 1.62 bits per heavy atom. The molecule has 1 aliphatic rings. The molecule has 1 heterocycles. The van der Waals surface area contributed by atoms with Gasteiger partial charge >= 0.3 is 0 Å². The monoisotopic (exact) mass is 478 g/mol. The molecule has 0 saturated carbocycles. The molecule has 0 unspecified atom stereocenters. The Bertz CT molecular complexity index is 1130. The van der Waals surface area contributed by atoms with E-state index in [4.69, 9.17) is 14.2 Å². The van der Waals surface area contributed by atoms with Gasteiger partial charge in [0.1, 0.15) is 29.6 Å². The van der Waals surface area contributed by atoms with Crippen molar-refractivity contribution in [2.24, 2.45) is 0 Å². The van der Waals surface area contributed by atoms with E-state index >= 15 is 0 Å². The molecule has 0 aliphatic carbocycles. The van der Waals surface area contributed by atoms with Gasteiger partial charge in [0, 0.05) is 18.8 Å². The molecule has 0 aromatic heterocycles. The topological polar surface area (TPSA) is 77.1 Å².